The molecule has 0 bridgehead atoms. The molecule has 0 aromatic heterocycles. The van der Waals surface area contributed by atoms with Crippen molar-refractivity contribution >= 4 is 15.9 Å². The molecule has 2 heterocycles. The molecule has 1 aromatic carbocycles. The average molecular weight is 454 g/mol. The Morgan fingerprint density at radius 3 is 2.71 bits per heavy atom. The van der Waals surface area contributed by atoms with Crippen molar-refractivity contribution in [2.75, 3.05) is 53.0 Å². The van der Waals surface area contributed by atoms with E-state index in [1.54, 1.807) is 18.2 Å². The lowest BCUT2D eigenvalue weighted by atomic mass is 10.0. The minimum Gasteiger partial charge on any atom is -0.495 e. The molecule has 0 unspecified atom stereocenters. The number of nitrogens with one attached hydrogen (secondary N) is 1. The fourth-order valence-corrected chi connectivity index (χ4v) is 5.82. The zero-order valence-electron chi connectivity index (χ0n) is 18.6. The minimum absolute atomic E-state index is 0.0984. The van der Waals surface area contributed by atoms with Crippen molar-refractivity contribution in [3.05, 3.63) is 23.8 Å². The molecule has 0 aliphatic carbocycles. The van der Waals surface area contributed by atoms with Crippen LogP contribution in [0, 0.1) is 0 Å². The number of rotatable bonds is 9. The molecule has 8 nitrogen and oxygen atoms in total. The lowest BCUT2D eigenvalue weighted by Gasteiger charge is -2.33. The number of sulfonamides is 1. The maximum atomic E-state index is 13.1. The molecule has 31 heavy (non-hydrogen) atoms. The van der Waals surface area contributed by atoms with Crippen molar-refractivity contribution in [2.45, 2.75) is 50.0 Å². The first-order valence-electron chi connectivity index (χ1n) is 11.2. The Bertz CT molecular complexity index is 840. The molecule has 3 rings (SSSR count). The number of hydrogen-bond donors (Lipinski definition) is 1. The number of ether oxygens (including phenoxy) is 2. The Morgan fingerprint density at radius 1 is 1.23 bits per heavy atom. The molecule has 1 N–H and O–H groups in total. The van der Waals surface area contributed by atoms with Crippen LogP contribution in [0.2, 0.25) is 0 Å². The van der Waals surface area contributed by atoms with Crippen LogP contribution in [0.1, 0.15) is 38.2 Å². The fourth-order valence-electron chi connectivity index (χ4n) is 4.21. The second kappa shape index (κ2) is 11.3. The topological polar surface area (TPSA) is 88.2 Å². The van der Waals surface area contributed by atoms with E-state index in [1.807, 2.05) is 0 Å². The van der Waals surface area contributed by atoms with Gasteiger partial charge in [0.2, 0.25) is 15.9 Å². The molecule has 2 saturated heterocycles. The van der Waals surface area contributed by atoms with E-state index in [2.05, 4.69) is 17.1 Å². The van der Waals surface area contributed by atoms with Crippen LogP contribution in [0.4, 0.5) is 0 Å². The molecule has 9 heteroatoms. The molecule has 1 amide bonds. The Hall–Kier alpha value is -1.68. The van der Waals surface area contributed by atoms with Crippen LogP contribution < -0.4 is 10.1 Å². The third kappa shape index (κ3) is 6.41. The number of morpholine rings is 1. The van der Waals surface area contributed by atoms with E-state index in [1.165, 1.54) is 30.7 Å². The number of carbonyl (C=O) groups excluding carboxylic acids is 1. The van der Waals surface area contributed by atoms with Crippen molar-refractivity contribution in [1.29, 1.82) is 0 Å². The number of likely N-dealkylation sites (tertiary alicyclic amines) is 1. The van der Waals surface area contributed by atoms with Gasteiger partial charge in [0.05, 0.1) is 26.7 Å². The van der Waals surface area contributed by atoms with Crippen LogP contribution in [0.25, 0.3) is 0 Å². The largest absolute Gasteiger partial charge is 0.495 e. The molecular weight excluding hydrogens is 418 g/mol. The molecule has 0 saturated carbocycles. The van der Waals surface area contributed by atoms with Crippen LogP contribution >= 0.6 is 0 Å². The van der Waals surface area contributed by atoms with Gasteiger partial charge in [-0.05, 0) is 50.4 Å². The lowest BCUT2D eigenvalue weighted by molar-refractivity contribution is -0.120. The summed E-state index contributed by atoms with van der Waals surface area (Å²) in [5.74, 6) is 0.179. The van der Waals surface area contributed by atoms with E-state index < -0.39 is 10.0 Å². The smallest absolute Gasteiger partial charge is 0.246 e. The summed E-state index contributed by atoms with van der Waals surface area (Å²) in [5.41, 5.74) is 0.648. The van der Waals surface area contributed by atoms with Gasteiger partial charge in [0, 0.05) is 32.2 Å². The molecule has 2 fully saturated rings. The number of methoxy groups -OCH3 is 1. The van der Waals surface area contributed by atoms with E-state index in [0.717, 1.165) is 19.5 Å². The molecule has 174 valence electrons. The van der Waals surface area contributed by atoms with Crippen LogP contribution in [0.15, 0.2) is 23.1 Å². The van der Waals surface area contributed by atoms with Gasteiger partial charge in [-0.15, -0.1) is 0 Å². The van der Waals surface area contributed by atoms with Crippen molar-refractivity contribution in [2.24, 2.45) is 0 Å². The van der Waals surface area contributed by atoms with Crippen LogP contribution in [0.5, 0.6) is 5.75 Å². The number of hydrogen-bond acceptors (Lipinski definition) is 6. The maximum absolute atomic E-state index is 13.1. The first-order chi connectivity index (χ1) is 14.9. The Kier molecular flexibility index (Phi) is 8.71. The number of piperidine rings is 1. The normalized spacial score (nSPS) is 21.0. The predicted molar refractivity (Wildman–Crippen MR) is 119 cm³/mol. The van der Waals surface area contributed by atoms with E-state index in [0.29, 0.717) is 44.5 Å². The van der Waals surface area contributed by atoms with Crippen LogP contribution in [-0.4, -0.2) is 82.6 Å². The zero-order chi connectivity index (χ0) is 22.3. The summed E-state index contributed by atoms with van der Waals surface area (Å²) in [5, 5.41) is 2.96. The standard InChI is InChI=1S/C22H35N3O5S/c1-18-6-3-4-10-24(18)11-5-9-23-22(26)17-19-7-8-20(29-2)21(16-19)31(27,28)25-12-14-30-15-13-25/h7-8,16,18H,3-6,9-15,17H2,1-2H3,(H,23,26)/t18-/m0/s1. The molecule has 2 aliphatic rings. The minimum atomic E-state index is -3.71. The predicted octanol–water partition coefficient (Wildman–Crippen LogP) is 1.64. The Morgan fingerprint density at radius 2 is 2.00 bits per heavy atom. The van der Waals surface area contributed by atoms with Crippen LogP contribution in [0.3, 0.4) is 0 Å². The molecule has 2 aliphatic heterocycles. The van der Waals surface area contributed by atoms with Gasteiger partial charge < -0.3 is 19.7 Å². The summed E-state index contributed by atoms with van der Waals surface area (Å²) in [6.07, 6.45) is 4.86. The highest BCUT2D eigenvalue weighted by Crippen LogP contribution is 2.28. The molecule has 0 radical (unpaired) electrons. The summed E-state index contributed by atoms with van der Waals surface area (Å²) in [6.45, 7) is 6.39. The SMILES string of the molecule is COc1ccc(CC(=O)NCCCN2CCCC[C@@H]2C)cc1S(=O)(=O)N1CCOCC1. The summed E-state index contributed by atoms with van der Waals surface area (Å²) in [7, 11) is -2.26. The highest BCUT2D eigenvalue weighted by molar-refractivity contribution is 7.89. The van der Waals surface area contributed by atoms with Gasteiger partial charge in [-0.1, -0.05) is 12.5 Å². The van der Waals surface area contributed by atoms with Gasteiger partial charge in [0.1, 0.15) is 10.6 Å². The van der Waals surface area contributed by atoms with E-state index >= 15 is 0 Å². The second-order valence-corrected chi connectivity index (χ2v) is 10.2. The third-order valence-electron chi connectivity index (χ3n) is 6.07. The highest BCUT2D eigenvalue weighted by Gasteiger charge is 2.29. The van der Waals surface area contributed by atoms with Crippen molar-refractivity contribution < 1.29 is 22.7 Å². The Labute approximate surface area is 185 Å². The summed E-state index contributed by atoms with van der Waals surface area (Å²) < 4.78 is 38.1. The highest BCUT2D eigenvalue weighted by atomic mass is 32.2. The van der Waals surface area contributed by atoms with E-state index in [-0.39, 0.29) is 23.0 Å². The van der Waals surface area contributed by atoms with Gasteiger partial charge in [-0.3, -0.25) is 4.79 Å². The first kappa shape index (κ1) is 24.0. The van der Waals surface area contributed by atoms with Gasteiger partial charge in [-0.2, -0.15) is 4.31 Å². The molecule has 0 spiro atoms. The van der Waals surface area contributed by atoms with Crippen molar-refractivity contribution in [3.8, 4) is 5.75 Å². The number of carbonyl (C=O) groups is 1. The summed E-state index contributed by atoms with van der Waals surface area (Å²) in [4.78, 5) is 15.0. The average Bonchev–Trinajstić information content (AvgIpc) is 2.78. The summed E-state index contributed by atoms with van der Waals surface area (Å²) >= 11 is 0. The fraction of sp³-hybridized carbons (Fsp3) is 0.682. The number of amides is 1. The van der Waals surface area contributed by atoms with Gasteiger partial charge in [0.15, 0.2) is 0 Å². The van der Waals surface area contributed by atoms with Gasteiger partial charge in [0.25, 0.3) is 0 Å². The third-order valence-corrected chi connectivity index (χ3v) is 7.99. The second-order valence-electron chi connectivity index (χ2n) is 8.26. The quantitative estimate of drug-likeness (QED) is 0.572. The first-order valence-corrected chi connectivity index (χ1v) is 12.6. The van der Waals surface area contributed by atoms with Crippen LogP contribution in [-0.2, 0) is 26.0 Å². The maximum Gasteiger partial charge on any atom is 0.246 e. The molecule has 1 atom stereocenters. The van der Waals surface area contributed by atoms with Crippen molar-refractivity contribution in [3.63, 3.8) is 0 Å². The van der Waals surface area contributed by atoms with Gasteiger partial charge in [-0.25, -0.2) is 8.42 Å². The van der Waals surface area contributed by atoms with Gasteiger partial charge >= 0.3 is 0 Å². The van der Waals surface area contributed by atoms with Crippen molar-refractivity contribution in [1.82, 2.24) is 14.5 Å². The van der Waals surface area contributed by atoms with E-state index in [4.69, 9.17) is 9.47 Å². The summed E-state index contributed by atoms with van der Waals surface area (Å²) in [6, 6.07) is 5.54. The number of benzene rings is 1. The molecule has 1 aromatic rings. The lowest BCUT2D eigenvalue weighted by Crippen LogP contribution is -2.40. The zero-order valence-corrected chi connectivity index (χ0v) is 19.5. The van der Waals surface area contributed by atoms with E-state index in [9.17, 15) is 13.2 Å². The molecular formula is C22H35N3O5S. The Balaban J connectivity index is 1.56. The monoisotopic (exact) mass is 453 g/mol. The number of nitrogens with zero attached hydrogens (tertiary/aromatic N) is 2.